The predicted octanol–water partition coefficient (Wildman–Crippen LogP) is 0.301. The monoisotopic (exact) mass is 209 g/mol. The van der Waals surface area contributed by atoms with Crippen LogP contribution in [0.4, 0.5) is 0 Å². The van der Waals surface area contributed by atoms with Gasteiger partial charge in [-0.3, -0.25) is 0 Å². The molecule has 5 heteroatoms. The molecule has 3 N–H and O–H groups in total. The van der Waals surface area contributed by atoms with E-state index < -0.39 is 10.0 Å². The first-order valence-corrected chi connectivity index (χ1v) is 5.55. The zero-order valence-corrected chi connectivity index (χ0v) is 8.08. The van der Waals surface area contributed by atoms with Gasteiger partial charge in [-0.1, -0.05) is 6.07 Å². The Bertz CT molecular complexity index is 573. The molecule has 1 aromatic heterocycles. The molecule has 0 fully saturated rings. The molecule has 0 bridgehead atoms. The smallest absolute Gasteiger partial charge is 0.225 e. The average Bonchev–Trinajstić information content (AvgIpc) is 2.15. The maximum atomic E-state index is 11.2. The summed E-state index contributed by atoms with van der Waals surface area (Å²) in [6.45, 7) is 0. The van der Waals surface area contributed by atoms with Crippen molar-refractivity contribution in [2.45, 2.75) is 4.90 Å². The van der Waals surface area contributed by atoms with Gasteiger partial charge in [-0.15, -0.1) is 0 Å². The maximum Gasteiger partial charge on any atom is 0.238 e. The van der Waals surface area contributed by atoms with Crippen molar-refractivity contribution in [1.29, 1.82) is 0 Å². The number of aromatic amines is 1. The average molecular weight is 209 g/mol. The van der Waals surface area contributed by atoms with Crippen LogP contribution in [0.25, 0.3) is 10.8 Å². The Hall–Kier alpha value is -1.46. The molecule has 0 unspecified atom stereocenters. The van der Waals surface area contributed by atoms with Crippen LogP contribution in [0.2, 0.25) is 0 Å². The Morgan fingerprint density at radius 1 is 1.21 bits per heavy atom. The van der Waals surface area contributed by atoms with Crippen LogP contribution in [0.3, 0.4) is 0 Å². The number of hydrogen-bond donors (Lipinski definition) is 1. The minimum atomic E-state index is -3.64. The highest BCUT2D eigenvalue weighted by atomic mass is 32.2. The van der Waals surface area contributed by atoms with E-state index in [9.17, 15) is 8.42 Å². The number of benzene rings is 1. The van der Waals surface area contributed by atoms with Gasteiger partial charge in [0.15, 0.2) is 12.4 Å². The Labute approximate surface area is 81.4 Å². The Morgan fingerprint density at radius 3 is 2.71 bits per heavy atom. The van der Waals surface area contributed by atoms with Gasteiger partial charge in [0.05, 0.1) is 4.90 Å². The van der Waals surface area contributed by atoms with Crippen LogP contribution in [-0.2, 0) is 10.0 Å². The highest BCUT2D eigenvalue weighted by Crippen LogP contribution is 2.19. The van der Waals surface area contributed by atoms with Crippen molar-refractivity contribution in [3.8, 4) is 0 Å². The molecule has 2 aromatic rings. The summed E-state index contributed by atoms with van der Waals surface area (Å²) in [5.41, 5.74) is 0. The molecule has 2 rings (SSSR count). The zero-order valence-electron chi connectivity index (χ0n) is 7.27. The summed E-state index contributed by atoms with van der Waals surface area (Å²) >= 11 is 0. The van der Waals surface area contributed by atoms with Gasteiger partial charge in [0.1, 0.15) is 0 Å². The Morgan fingerprint density at radius 2 is 2.00 bits per heavy atom. The van der Waals surface area contributed by atoms with Crippen LogP contribution in [0, 0.1) is 0 Å². The molecule has 0 atom stereocenters. The number of sulfonamides is 1. The van der Waals surface area contributed by atoms with Crippen LogP contribution in [0.1, 0.15) is 0 Å². The summed E-state index contributed by atoms with van der Waals surface area (Å²) in [6.07, 6.45) is 3.39. The van der Waals surface area contributed by atoms with Crippen LogP contribution in [-0.4, -0.2) is 8.42 Å². The summed E-state index contributed by atoms with van der Waals surface area (Å²) in [5, 5.41) is 6.54. The first-order chi connectivity index (χ1) is 6.59. The van der Waals surface area contributed by atoms with Crippen LogP contribution < -0.4 is 10.1 Å². The van der Waals surface area contributed by atoms with E-state index >= 15 is 0 Å². The van der Waals surface area contributed by atoms with E-state index in [1.807, 2.05) is 6.07 Å². The number of nitrogens with one attached hydrogen (secondary N) is 1. The maximum absolute atomic E-state index is 11.2. The summed E-state index contributed by atoms with van der Waals surface area (Å²) in [4.78, 5) is 3.03. The van der Waals surface area contributed by atoms with E-state index in [4.69, 9.17) is 5.14 Å². The van der Waals surface area contributed by atoms with Crippen molar-refractivity contribution < 1.29 is 13.4 Å². The first-order valence-electron chi connectivity index (χ1n) is 4.01. The largest absolute Gasteiger partial charge is 0.238 e. The van der Waals surface area contributed by atoms with Crippen molar-refractivity contribution in [1.82, 2.24) is 0 Å². The lowest BCUT2D eigenvalue weighted by molar-refractivity contribution is -0.375. The van der Waals surface area contributed by atoms with Crippen LogP contribution >= 0.6 is 0 Å². The molecule has 0 saturated carbocycles. The van der Waals surface area contributed by atoms with Crippen LogP contribution in [0.15, 0.2) is 41.6 Å². The van der Waals surface area contributed by atoms with Crippen molar-refractivity contribution in [2.75, 3.05) is 0 Å². The Kier molecular flexibility index (Phi) is 1.98. The lowest BCUT2D eigenvalue weighted by Crippen LogP contribution is -2.13. The molecule has 0 spiro atoms. The van der Waals surface area contributed by atoms with E-state index in [0.29, 0.717) is 5.39 Å². The fourth-order valence-electron chi connectivity index (χ4n) is 1.38. The van der Waals surface area contributed by atoms with Crippen LogP contribution in [0.5, 0.6) is 0 Å². The number of primary sulfonamides is 1. The van der Waals surface area contributed by atoms with Crippen molar-refractivity contribution in [3.05, 3.63) is 36.7 Å². The lowest BCUT2D eigenvalue weighted by Gasteiger charge is -2.00. The minimum Gasteiger partial charge on any atom is -0.225 e. The van der Waals surface area contributed by atoms with Gasteiger partial charge < -0.3 is 0 Å². The third-order valence-electron chi connectivity index (χ3n) is 1.99. The molecule has 0 aliphatic rings. The second-order valence-corrected chi connectivity index (χ2v) is 4.48. The molecular formula is C9H9N2O2S+. The SMILES string of the molecule is NS(=O)(=O)c1cccc2c[nH+]ccc12. The highest BCUT2D eigenvalue weighted by Gasteiger charge is 2.12. The molecule has 0 aliphatic heterocycles. The normalized spacial score (nSPS) is 11.8. The molecule has 72 valence electrons. The molecule has 4 nitrogen and oxygen atoms in total. The van der Waals surface area contributed by atoms with E-state index in [2.05, 4.69) is 4.98 Å². The first kappa shape index (κ1) is 9.11. The van der Waals surface area contributed by atoms with Gasteiger partial charge >= 0.3 is 0 Å². The summed E-state index contributed by atoms with van der Waals surface area (Å²) < 4.78 is 22.4. The predicted molar refractivity (Wildman–Crippen MR) is 51.9 cm³/mol. The highest BCUT2D eigenvalue weighted by molar-refractivity contribution is 7.89. The second kappa shape index (κ2) is 3.04. The van der Waals surface area contributed by atoms with Crippen molar-refractivity contribution >= 4 is 20.8 Å². The van der Waals surface area contributed by atoms with Gasteiger partial charge in [0, 0.05) is 16.8 Å². The number of rotatable bonds is 1. The fourth-order valence-corrected chi connectivity index (χ4v) is 2.14. The van der Waals surface area contributed by atoms with E-state index in [-0.39, 0.29) is 4.90 Å². The summed E-state index contributed by atoms with van der Waals surface area (Å²) in [5.74, 6) is 0. The van der Waals surface area contributed by atoms with E-state index in [0.717, 1.165) is 5.39 Å². The van der Waals surface area contributed by atoms with Gasteiger partial charge in [-0.05, 0) is 12.1 Å². The number of nitrogens with two attached hydrogens (primary N) is 1. The molecule has 1 heterocycles. The number of pyridine rings is 1. The quantitative estimate of drug-likeness (QED) is 0.733. The molecule has 0 amide bonds. The topological polar surface area (TPSA) is 74.3 Å². The Balaban J connectivity index is 2.92. The van der Waals surface area contributed by atoms with Crippen molar-refractivity contribution in [3.63, 3.8) is 0 Å². The fraction of sp³-hybridized carbons (Fsp3) is 0. The van der Waals surface area contributed by atoms with Gasteiger partial charge in [0.25, 0.3) is 0 Å². The summed E-state index contributed by atoms with van der Waals surface area (Å²) in [7, 11) is -3.64. The number of hydrogen-bond acceptors (Lipinski definition) is 2. The molecule has 1 aromatic carbocycles. The number of fused-ring (bicyclic) bond motifs is 1. The van der Waals surface area contributed by atoms with E-state index in [1.54, 1.807) is 24.5 Å². The zero-order chi connectivity index (χ0) is 10.2. The number of aromatic nitrogens is 1. The second-order valence-electron chi connectivity index (χ2n) is 2.95. The van der Waals surface area contributed by atoms with Gasteiger partial charge in [0.2, 0.25) is 10.0 Å². The molecular weight excluding hydrogens is 200 g/mol. The standard InChI is InChI=1S/C9H8N2O2S/c10-14(12,13)9-3-1-2-7-6-11-5-4-8(7)9/h1-6H,(H2,10,12,13)/p+1. The third-order valence-corrected chi connectivity index (χ3v) is 2.96. The summed E-state index contributed by atoms with van der Waals surface area (Å²) in [6, 6.07) is 6.67. The molecule has 0 aliphatic carbocycles. The van der Waals surface area contributed by atoms with Gasteiger partial charge in [-0.25, -0.2) is 18.5 Å². The lowest BCUT2D eigenvalue weighted by atomic mass is 10.2. The van der Waals surface area contributed by atoms with Gasteiger partial charge in [-0.2, -0.15) is 0 Å². The van der Waals surface area contributed by atoms with Crippen molar-refractivity contribution in [2.24, 2.45) is 5.14 Å². The molecule has 0 saturated heterocycles. The minimum absolute atomic E-state index is 0.156. The third kappa shape index (κ3) is 1.47. The number of H-pyrrole nitrogens is 1. The molecule has 0 radical (unpaired) electrons. The van der Waals surface area contributed by atoms with E-state index in [1.165, 1.54) is 6.07 Å². The molecule has 14 heavy (non-hydrogen) atoms.